The zero-order valence-electron chi connectivity index (χ0n) is 10.8. The largest absolute Gasteiger partial charge is 0.0856 e. The Morgan fingerprint density at radius 2 is 2.00 bits per heavy atom. The van der Waals surface area contributed by atoms with Crippen molar-refractivity contribution in [3.05, 3.63) is 11.6 Å². The van der Waals surface area contributed by atoms with Crippen LogP contribution in [0.1, 0.15) is 59.8 Å². The maximum Gasteiger partial charge on any atom is -0.0292 e. The van der Waals surface area contributed by atoms with E-state index in [2.05, 4.69) is 33.8 Å². The van der Waals surface area contributed by atoms with Crippen LogP contribution in [0.25, 0.3) is 0 Å². The first-order chi connectivity index (χ1) is 6.98. The second-order valence-corrected chi connectivity index (χ2v) is 6.81. The van der Waals surface area contributed by atoms with Crippen LogP contribution in [-0.4, -0.2) is 0 Å². The van der Waals surface area contributed by atoms with Gasteiger partial charge in [0.05, 0.1) is 0 Å². The highest BCUT2D eigenvalue weighted by molar-refractivity contribution is 5.05. The van der Waals surface area contributed by atoms with E-state index in [0.29, 0.717) is 5.41 Å². The molecule has 0 nitrogen and oxygen atoms in total. The highest BCUT2D eigenvalue weighted by Crippen LogP contribution is 2.51. The van der Waals surface area contributed by atoms with Crippen LogP contribution in [0.5, 0.6) is 0 Å². The smallest absolute Gasteiger partial charge is 0.0292 e. The molecule has 0 radical (unpaired) electrons. The molecule has 2 rings (SSSR count). The van der Waals surface area contributed by atoms with Gasteiger partial charge < -0.3 is 0 Å². The van der Waals surface area contributed by atoms with Crippen molar-refractivity contribution in [1.82, 2.24) is 0 Å². The molecule has 0 heterocycles. The Morgan fingerprint density at radius 1 is 1.27 bits per heavy atom. The fraction of sp³-hybridized carbons (Fsp3) is 0.867. The molecule has 0 aromatic heterocycles. The van der Waals surface area contributed by atoms with Crippen LogP contribution in [0.15, 0.2) is 11.6 Å². The Kier molecular flexibility index (Phi) is 2.96. The minimum atomic E-state index is 0.605. The average molecular weight is 206 g/mol. The van der Waals surface area contributed by atoms with Gasteiger partial charge in [-0.05, 0) is 62.2 Å². The van der Waals surface area contributed by atoms with E-state index in [0.717, 1.165) is 17.8 Å². The van der Waals surface area contributed by atoms with Gasteiger partial charge in [0.1, 0.15) is 0 Å². The highest BCUT2D eigenvalue weighted by Gasteiger charge is 2.41. The Balaban J connectivity index is 2.16. The molecule has 0 N–H and O–H groups in total. The molecule has 2 aliphatic carbocycles. The van der Waals surface area contributed by atoms with Crippen LogP contribution >= 0.6 is 0 Å². The lowest BCUT2D eigenvalue weighted by Crippen LogP contribution is -2.18. The van der Waals surface area contributed by atoms with Gasteiger partial charge in [-0.1, -0.05) is 32.4 Å². The molecule has 3 atom stereocenters. The first-order valence-corrected chi connectivity index (χ1v) is 6.63. The maximum absolute atomic E-state index is 2.48. The molecule has 1 saturated carbocycles. The van der Waals surface area contributed by atoms with E-state index < -0.39 is 0 Å². The zero-order valence-corrected chi connectivity index (χ0v) is 10.8. The number of hydrogen-bond acceptors (Lipinski definition) is 0. The van der Waals surface area contributed by atoms with Crippen molar-refractivity contribution in [3.8, 4) is 0 Å². The summed E-state index contributed by atoms with van der Waals surface area (Å²) in [7, 11) is 0. The van der Waals surface area contributed by atoms with E-state index in [1.54, 1.807) is 5.57 Å². The van der Waals surface area contributed by atoms with Gasteiger partial charge in [0.25, 0.3) is 0 Å². The second-order valence-electron chi connectivity index (χ2n) is 6.81. The minimum Gasteiger partial charge on any atom is -0.0856 e. The second kappa shape index (κ2) is 3.96. The summed E-state index contributed by atoms with van der Waals surface area (Å²) in [5.74, 6) is 2.93. The molecule has 0 bridgehead atoms. The molecule has 86 valence electrons. The predicted molar refractivity (Wildman–Crippen MR) is 66.8 cm³/mol. The molecule has 0 saturated heterocycles. The fourth-order valence-electron chi connectivity index (χ4n) is 3.94. The van der Waals surface area contributed by atoms with Gasteiger partial charge in [-0.15, -0.1) is 0 Å². The Hall–Kier alpha value is -0.260. The van der Waals surface area contributed by atoms with Crippen molar-refractivity contribution in [2.24, 2.45) is 23.2 Å². The summed E-state index contributed by atoms with van der Waals surface area (Å²) < 4.78 is 0. The lowest BCUT2D eigenvalue weighted by Gasteiger charge is -2.28. The van der Waals surface area contributed by atoms with Crippen molar-refractivity contribution in [3.63, 3.8) is 0 Å². The summed E-state index contributed by atoms with van der Waals surface area (Å²) in [5.41, 5.74) is 2.25. The maximum atomic E-state index is 2.48. The molecule has 2 aliphatic rings. The van der Waals surface area contributed by atoms with Gasteiger partial charge >= 0.3 is 0 Å². The van der Waals surface area contributed by atoms with Crippen molar-refractivity contribution >= 4 is 0 Å². The standard InChI is InChI=1S/C15H26/c1-11-6-5-7-12(2)14-10-15(3,4)9-13(14)8-11/h6,12-14H,5,7-10H2,1-4H3/b11-6-/t12-,13?,14-/m1/s1. The summed E-state index contributed by atoms with van der Waals surface area (Å²) in [6, 6.07) is 0. The molecule has 0 heteroatoms. The van der Waals surface area contributed by atoms with Crippen molar-refractivity contribution in [2.75, 3.05) is 0 Å². The van der Waals surface area contributed by atoms with E-state index in [-0.39, 0.29) is 0 Å². The number of rotatable bonds is 0. The Bertz CT molecular complexity index is 259. The molecule has 0 spiro atoms. The van der Waals surface area contributed by atoms with Crippen LogP contribution in [0, 0.1) is 23.2 Å². The molecule has 0 aromatic carbocycles. The van der Waals surface area contributed by atoms with Gasteiger partial charge in [0.15, 0.2) is 0 Å². The SMILES string of the molecule is C/C1=C/CC[C@@H](C)[C@H]2CC(C)(C)CC2C1. The number of hydrogen-bond donors (Lipinski definition) is 0. The van der Waals surface area contributed by atoms with E-state index in [1.165, 1.54) is 32.1 Å². The van der Waals surface area contributed by atoms with E-state index in [1.807, 2.05) is 0 Å². The lowest BCUT2D eigenvalue weighted by molar-refractivity contribution is 0.254. The molecular formula is C15H26. The molecule has 0 aromatic rings. The van der Waals surface area contributed by atoms with E-state index in [4.69, 9.17) is 0 Å². The van der Waals surface area contributed by atoms with Crippen molar-refractivity contribution in [1.29, 1.82) is 0 Å². The third kappa shape index (κ3) is 2.46. The number of fused-ring (bicyclic) bond motifs is 1. The first kappa shape index (κ1) is 11.2. The van der Waals surface area contributed by atoms with E-state index >= 15 is 0 Å². The van der Waals surface area contributed by atoms with Gasteiger partial charge in [0, 0.05) is 0 Å². The van der Waals surface area contributed by atoms with Gasteiger partial charge in [-0.3, -0.25) is 0 Å². The fourth-order valence-corrected chi connectivity index (χ4v) is 3.94. The highest BCUT2D eigenvalue weighted by atomic mass is 14.5. The summed E-state index contributed by atoms with van der Waals surface area (Å²) >= 11 is 0. The third-order valence-corrected chi connectivity index (χ3v) is 4.64. The Labute approximate surface area is 95.1 Å². The first-order valence-electron chi connectivity index (χ1n) is 6.63. The van der Waals surface area contributed by atoms with Crippen LogP contribution < -0.4 is 0 Å². The summed E-state index contributed by atoms with van der Waals surface area (Å²) in [6.45, 7) is 9.74. The quantitative estimate of drug-likeness (QED) is 0.499. The van der Waals surface area contributed by atoms with E-state index in [9.17, 15) is 0 Å². The van der Waals surface area contributed by atoms with Crippen LogP contribution in [0.2, 0.25) is 0 Å². The molecule has 1 fully saturated rings. The molecular weight excluding hydrogens is 180 g/mol. The number of allylic oxidation sites excluding steroid dienone is 2. The monoisotopic (exact) mass is 206 g/mol. The minimum absolute atomic E-state index is 0.605. The van der Waals surface area contributed by atoms with Crippen LogP contribution in [0.3, 0.4) is 0 Å². The third-order valence-electron chi connectivity index (χ3n) is 4.64. The topological polar surface area (TPSA) is 0 Å². The summed E-state index contributed by atoms with van der Waals surface area (Å²) in [5, 5.41) is 0. The Morgan fingerprint density at radius 3 is 2.73 bits per heavy atom. The van der Waals surface area contributed by atoms with Gasteiger partial charge in [-0.25, -0.2) is 0 Å². The summed E-state index contributed by atoms with van der Waals surface area (Å²) in [4.78, 5) is 0. The molecule has 1 unspecified atom stereocenters. The molecule has 0 amide bonds. The van der Waals surface area contributed by atoms with Crippen LogP contribution in [0.4, 0.5) is 0 Å². The molecule has 0 aliphatic heterocycles. The van der Waals surface area contributed by atoms with Crippen LogP contribution in [-0.2, 0) is 0 Å². The zero-order chi connectivity index (χ0) is 11.1. The molecule has 15 heavy (non-hydrogen) atoms. The average Bonchev–Trinajstić information content (AvgIpc) is 2.39. The normalized spacial score (nSPS) is 43.7. The van der Waals surface area contributed by atoms with Gasteiger partial charge in [-0.2, -0.15) is 0 Å². The van der Waals surface area contributed by atoms with Gasteiger partial charge in [0.2, 0.25) is 0 Å². The predicted octanol–water partition coefficient (Wildman–Crippen LogP) is 4.81. The van der Waals surface area contributed by atoms with Crippen molar-refractivity contribution in [2.45, 2.75) is 59.8 Å². The van der Waals surface area contributed by atoms with Crippen molar-refractivity contribution < 1.29 is 0 Å². The summed E-state index contributed by atoms with van der Waals surface area (Å²) in [6.07, 6.45) is 9.50. The lowest BCUT2D eigenvalue weighted by atomic mass is 9.78.